The van der Waals surface area contributed by atoms with Gasteiger partial charge in [0.1, 0.15) is 17.4 Å². The molecule has 1 aromatic heterocycles. The van der Waals surface area contributed by atoms with Crippen molar-refractivity contribution in [3.05, 3.63) is 41.0 Å². The first kappa shape index (κ1) is 16.2. The molecule has 6 heteroatoms. The molecule has 1 aromatic carbocycles. The molecule has 0 radical (unpaired) electrons. The van der Waals surface area contributed by atoms with Gasteiger partial charge in [0.05, 0.1) is 0 Å². The fourth-order valence-corrected chi connectivity index (χ4v) is 2.45. The molecule has 118 valence electrons. The van der Waals surface area contributed by atoms with Crippen LogP contribution in [0.2, 0.25) is 0 Å². The van der Waals surface area contributed by atoms with Crippen LogP contribution in [0.5, 0.6) is 0 Å². The van der Waals surface area contributed by atoms with Crippen LogP contribution in [-0.4, -0.2) is 11.1 Å². The Morgan fingerprint density at radius 1 is 1.23 bits per heavy atom. The smallest absolute Gasteiger partial charge is 0.243 e. The maximum absolute atomic E-state index is 11.0. The minimum atomic E-state index is -0.465. The highest BCUT2D eigenvalue weighted by atomic mass is 16.5. The van der Waals surface area contributed by atoms with Crippen LogP contribution in [0.1, 0.15) is 50.3 Å². The summed E-state index contributed by atoms with van der Waals surface area (Å²) in [7, 11) is 0. The van der Waals surface area contributed by atoms with E-state index in [9.17, 15) is 9.70 Å². The summed E-state index contributed by atoms with van der Waals surface area (Å²) >= 11 is 0. The third-order valence-electron chi connectivity index (χ3n) is 3.66. The van der Waals surface area contributed by atoms with Crippen LogP contribution in [0, 0.1) is 4.91 Å². The number of unbranched alkanes of at least 4 members (excludes halogenated alkanes) is 3. The van der Waals surface area contributed by atoms with Crippen LogP contribution < -0.4 is 5.48 Å². The van der Waals surface area contributed by atoms with Crippen molar-refractivity contribution < 1.29 is 14.4 Å². The van der Waals surface area contributed by atoms with Crippen LogP contribution in [0.4, 0.5) is 0 Å². The molecule has 2 aromatic rings. The Labute approximate surface area is 128 Å². The largest absolute Gasteiger partial charge is 0.459 e. The zero-order chi connectivity index (χ0) is 15.8. The summed E-state index contributed by atoms with van der Waals surface area (Å²) in [6.07, 6.45) is 4.29. The van der Waals surface area contributed by atoms with Crippen molar-refractivity contribution >= 4 is 16.9 Å². The van der Waals surface area contributed by atoms with Crippen LogP contribution in [-0.2, 0) is 4.79 Å². The van der Waals surface area contributed by atoms with Crippen molar-refractivity contribution in [3.8, 4) is 0 Å². The molecule has 1 amide bonds. The van der Waals surface area contributed by atoms with Crippen molar-refractivity contribution in [2.75, 3.05) is 0 Å². The van der Waals surface area contributed by atoms with Gasteiger partial charge < -0.3 is 4.42 Å². The summed E-state index contributed by atoms with van der Waals surface area (Å²) < 4.78 is 5.67. The maximum Gasteiger partial charge on any atom is 0.243 e. The van der Waals surface area contributed by atoms with Crippen LogP contribution in [0.3, 0.4) is 0 Å². The number of hydrogen-bond acceptors (Lipinski definition) is 5. The molecule has 0 saturated heterocycles. The van der Waals surface area contributed by atoms with E-state index in [1.165, 1.54) is 0 Å². The first-order valence-corrected chi connectivity index (χ1v) is 7.48. The lowest BCUT2D eigenvalue weighted by atomic mass is 10.0. The Kier molecular flexibility index (Phi) is 6.09. The van der Waals surface area contributed by atoms with Crippen LogP contribution in [0.15, 0.2) is 39.9 Å². The predicted molar refractivity (Wildman–Crippen MR) is 82.4 cm³/mol. The molecule has 2 rings (SSSR count). The number of para-hydroxylation sites is 1. The first-order chi connectivity index (χ1) is 10.7. The molecule has 1 heterocycles. The number of benzene rings is 1. The first-order valence-electron chi connectivity index (χ1n) is 7.48. The second-order valence-electron chi connectivity index (χ2n) is 5.30. The van der Waals surface area contributed by atoms with E-state index < -0.39 is 6.04 Å². The van der Waals surface area contributed by atoms with Crippen molar-refractivity contribution in [2.45, 2.75) is 44.6 Å². The van der Waals surface area contributed by atoms with Crippen molar-refractivity contribution in [2.24, 2.45) is 5.18 Å². The number of amides is 1. The van der Waals surface area contributed by atoms with Gasteiger partial charge in [-0.3, -0.25) is 10.0 Å². The highest BCUT2D eigenvalue weighted by Gasteiger charge is 2.16. The average Bonchev–Trinajstić information content (AvgIpc) is 2.97. The minimum Gasteiger partial charge on any atom is -0.459 e. The maximum atomic E-state index is 11.0. The number of nitrogens with zero attached hydrogens (tertiary/aromatic N) is 1. The fourth-order valence-electron chi connectivity index (χ4n) is 2.45. The molecule has 22 heavy (non-hydrogen) atoms. The van der Waals surface area contributed by atoms with E-state index in [-0.39, 0.29) is 5.91 Å². The summed E-state index contributed by atoms with van der Waals surface area (Å²) in [5.74, 6) is 0.241. The predicted octanol–water partition coefficient (Wildman–Crippen LogP) is 4.09. The lowest BCUT2D eigenvalue weighted by Gasteiger charge is -2.05. The second kappa shape index (κ2) is 8.29. The van der Waals surface area contributed by atoms with Gasteiger partial charge in [-0.2, -0.15) is 4.91 Å². The molecule has 0 aliphatic rings. The van der Waals surface area contributed by atoms with E-state index >= 15 is 0 Å². The molecule has 0 aliphatic heterocycles. The van der Waals surface area contributed by atoms with Gasteiger partial charge in [0.25, 0.3) is 0 Å². The number of fused-ring (bicyclic) bond motifs is 1. The molecule has 0 fully saturated rings. The van der Waals surface area contributed by atoms with Crippen LogP contribution in [0.25, 0.3) is 11.0 Å². The van der Waals surface area contributed by atoms with Crippen molar-refractivity contribution in [3.63, 3.8) is 0 Å². The van der Waals surface area contributed by atoms with Gasteiger partial charge in [-0.1, -0.05) is 42.6 Å². The Bertz CT molecular complexity index is 590. The summed E-state index contributed by atoms with van der Waals surface area (Å²) in [5, 5.41) is 12.5. The summed E-state index contributed by atoms with van der Waals surface area (Å²) in [6.45, 7) is 0. The quantitative estimate of drug-likeness (QED) is 0.316. The molecule has 0 aliphatic carbocycles. The zero-order valence-corrected chi connectivity index (χ0v) is 12.3. The highest BCUT2D eigenvalue weighted by Crippen LogP contribution is 2.29. The molecule has 2 N–H and O–H groups in total. The number of nitroso groups, excluding NO2 is 1. The zero-order valence-electron chi connectivity index (χ0n) is 12.3. The van der Waals surface area contributed by atoms with Gasteiger partial charge >= 0.3 is 0 Å². The standard InChI is InChI=1S/C16H20N2O4/c19-16(18-21)10-4-2-1-3-8-13(17-20)15-11-12-7-5-6-9-14(12)22-15/h5-7,9,11,13,21H,1-4,8,10H2,(H,18,19). The average molecular weight is 304 g/mol. The lowest BCUT2D eigenvalue weighted by molar-refractivity contribution is -0.129. The van der Waals surface area contributed by atoms with Crippen molar-refractivity contribution in [1.29, 1.82) is 0 Å². The van der Waals surface area contributed by atoms with E-state index in [4.69, 9.17) is 9.62 Å². The van der Waals surface area contributed by atoms with E-state index in [1.54, 1.807) is 5.48 Å². The summed E-state index contributed by atoms with van der Waals surface area (Å²) in [5.41, 5.74) is 2.37. The number of carbonyl (C=O) groups excluding carboxylic acids is 1. The number of hydrogen-bond donors (Lipinski definition) is 2. The van der Waals surface area contributed by atoms with E-state index in [2.05, 4.69) is 5.18 Å². The number of rotatable bonds is 9. The molecule has 0 spiro atoms. The number of hydroxylamine groups is 1. The molecule has 1 atom stereocenters. The second-order valence-corrected chi connectivity index (χ2v) is 5.30. The summed E-state index contributed by atoms with van der Waals surface area (Å²) in [6, 6.07) is 9.03. The number of nitrogens with one attached hydrogen (secondary N) is 1. The monoisotopic (exact) mass is 304 g/mol. The molecule has 6 nitrogen and oxygen atoms in total. The Morgan fingerprint density at radius 3 is 2.73 bits per heavy atom. The SMILES string of the molecule is O=NC(CCCCCCC(=O)NO)c1cc2ccccc2o1. The normalized spacial score (nSPS) is 12.2. The molecular weight excluding hydrogens is 284 g/mol. The van der Waals surface area contributed by atoms with Gasteiger partial charge in [-0.25, -0.2) is 5.48 Å². The Hall–Kier alpha value is -2.21. The molecular formula is C16H20N2O4. The topological polar surface area (TPSA) is 91.9 Å². The molecule has 0 saturated carbocycles. The van der Waals surface area contributed by atoms with E-state index in [1.807, 2.05) is 30.3 Å². The third kappa shape index (κ3) is 4.39. The van der Waals surface area contributed by atoms with Crippen LogP contribution >= 0.6 is 0 Å². The summed E-state index contributed by atoms with van der Waals surface area (Å²) in [4.78, 5) is 21.9. The molecule has 0 bridgehead atoms. The number of carbonyl (C=O) groups is 1. The van der Waals surface area contributed by atoms with Crippen molar-refractivity contribution in [1.82, 2.24) is 5.48 Å². The van der Waals surface area contributed by atoms with E-state index in [0.717, 1.165) is 36.7 Å². The molecule has 1 unspecified atom stereocenters. The Balaban J connectivity index is 1.77. The third-order valence-corrected chi connectivity index (χ3v) is 3.66. The van der Waals surface area contributed by atoms with Gasteiger partial charge in [0, 0.05) is 11.8 Å². The number of furan rings is 1. The van der Waals surface area contributed by atoms with Gasteiger partial charge in [0.2, 0.25) is 5.91 Å². The lowest BCUT2D eigenvalue weighted by Crippen LogP contribution is -2.17. The minimum absolute atomic E-state index is 0.315. The fraction of sp³-hybridized carbons (Fsp3) is 0.438. The van der Waals surface area contributed by atoms with E-state index in [0.29, 0.717) is 18.6 Å². The van der Waals surface area contributed by atoms with Gasteiger partial charge in [0.15, 0.2) is 0 Å². The van der Waals surface area contributed by atoms with Gasteiger partial charge in [-0.15, -0.1) is 0 Å². The Morgan fingerprint density at radius 2 is 2.00 bits per heavy atom. The highest BCUT2D eigenvalue weighted by molar-refractivity contribution is 5.77. The van der Waals surface area contributed by atoms with Gasteiger partial charge in [-0.05, 0) is 25.0 Å².